The maximum Gasteiger partial charge on any atom is 0.339 e. The van der Waals surface area contributed by atoms with E-state index < -0.39 is 92.6 Å². The van der Waals surface area contributed by atoms with Crippen molar-refractivity contribution >= 4 is 23.9 Å². The molecule has 1 aromatic carbocycles. The molecule has 4 saturated heterocycles. The zero-order valence-electron chi connectivity index (χ0n) is 39.5. The van der Waals surface area contributed by atoms with Crippen LogP contribution in [0, 0.1) is 0 Å². The van der Waals surface area contributed by atoms with Gasteiger partial charge in [-0.1, -0.05) is 0 Å². The lowest BCUT2D eigenvalue weighted by Crippen LogP contribution is -2.60. The predicted molar refractivity (Wildman–Crippen MR) is 224 cm³/mol. The highest BCUT2D eigenvalue weighted by atomic mass is 16.6. The van der Waals surface area contributed by atoms with Gasteiger partial charge >= 0.3 is 23.9 Å². The van der Waals surface area contributed by atoms with Gasteiger partial charge in [-0.15, -0.1) is 30.8 Å². The van der Waals surface area contributed by atoms with Gasteiger partial charge in [-0.05, 0) is 123 Å². The Bertz CT molecular complexity index is 1810. The molecule has 4 fully saturated rings. The van der Waals surface area contributed by atoms with Gasteiger partial charge in [0.15, 0.2) is 0 Å². The third-order valence-electron chi connectivity index (χ3n) is 12.9. The van der Waals surface area contributed by atoms with Crippen LogP contribution in [0.1, 0.15) is 204 Å². The number of piperidine rings is 4. The van der Waals surface area contributed by atoms with Crippen LogP contribution in [0.2, 0.25) is 0 Å². The fraction of sp³-hybridized carbons (Fsp3) is 0.783. The molecule has 341 valence electrons. The number of esters is 4. The quantitative estimate of drug-likeness (QED) is 0.198. The topological polar surface area (TPSA) is 187 Å². The van der Waals surface area contributed by atoms with Crippen LogP contribution in [-0.2, 0) is 34.6 Å². The molecule has 0 atom stereocenters. The number of carbonyl (C=O) groups is 4. The Morgan fingerprint density at radius 3 is 0.770 bits per heavy atom. The fourth-order valence-corrected chi connectivity index (χ4v) is 11.2. The van der Waals surface area contributed by atoms with E-state index in [2.05, 4.69) is 5.32 Å². The van der Waals surface area contributed by atoms with Crippen molar-refractivity contribution in [3.63, 3.8) is 0 Å². The molecule has 0 saturated carbocycles. The Labute approximate surface area is 362 Å². The van der Waals surface area contributed by atoms with Gasteiger partial charge in [-0.25, -0.2) is 19.2 Å². The Morgan fingerprint density at radius 1 is 0.393 bits per heavy atom. The molecule has 3 radical (unpaired) electrons. The number of ether oxygens (including phenoxy) is 4. The highest BCUT2D eigenvalue weighted by Crippen LogP contribution is 2.42. The molecule has 61 heavy (non-hydrogen) atoms. The Hall–Kier alpha value is -3.18. The average molecular weight is 856 g/mol. The van der Waals surface area contributed by atoms with Crippen LogP contribution in [0.3, 0.4) is 0 Å². The lowest BCUT2D eigenvalue weighted by atomic mass is 9.80. The standard InChI is InChI=1S/C46H71N4O11/c1-39(2)19-27(20-40(3,4)47-39)58-35(51)31-17-33(37(53)60-29-23-43(9,10)49(56)44(11,12)24-29)34(38(54)61-30-25-45(13,14)50(57)46(15,16)26-30)18-32(31)36(52)59-28-21-41(5,6)48(55)42(7,8)22-28/h17-18,27-30,47H,19-26H2,1-16H3. The van der Waals surface area contributed by atoms with E-state index in [1.54, 1.807) is 83.1 Å². The fourth-order valence-electron chi connectivity index (χ4n) is 11.2. The van der Waals surface area contributed by atoms with Crippen molar-refractivity contribution in [2.24, 2.45) is 0 Å². The summed E-state index contributed by atoms with van der Waals surface area (Å²) in [4.78, 5) is 58.0. The first-order valence-corrected chi connectivity index (χ1v) is 21.7. The lowest BCUT2D eigenvalue weighted by Gasteiger charge is -2.49. The van der Waals surface area contributed by atoms with Crippen LogP contribution in [0.15, 0.2) is 12.1 Å². The summed E-state index contributed by atoms with van der Waals surface area (Å²) in [5.41, 5.74) is -7.47. The molecule has 5 rings (SSSR count). The van der Waals surface area contributed by atoms with Crippen molar-refractivity contribution in [3.8, 4) is 0 Å². The van der Waals surface area contributed by atoms with Crippen molar-refractivity contribution in [3.05, 3.63) is 34.4 Å². The molecule has 0 aliphatic carbocycles. The molecule has 1 aromatic rings. The zero-order valence-corrected chi connectivity index (χ0v) is 39.5. The summed E-state index contributed by atoms with van der Waals surface area (Å²) in [5.74, 6) is -3.77. The van der Waals surface area contributed by atoms with E-state index >= 15 is 0 Å². The zero-order chi connectivity index (χ0) is 46.3. The number of nitrogens with zero attached hydrogens (tertiary/aromatic N) is 3. The first kappa shape index (κ1) is 48.8. The van der Waals surface area contributed by atoms with Gasteiger partial charge in [0, 0.05) is 95.7 Å². The molecule has 0 amide bonds. The van der Waals surface area contributed by atoms with Gasteiger partial charge in [-0.2, -0.15) is 0 Å². The first-order valence-electron chi connectivity index (χ1n) is 21.7. The van der Waals surface area contributed by atoms with Gasteiger partial charge in [0.1, 0.15) is 24.4 Å². The first-order chi connectivity index (χ1) is 27.5. The molecular weight excluding hydrogens is 785 g/mol. The highest BCUT2D eigenvalue weighted by Gasteiger charge is 2.51. The summed E-state index contributed by atoms with van der Waals surface area (Å²) in [6, 6.07) is 2.29. The smallest absolute Gasteiger partial charge is 0.339 e. The van der Waals surface area contributed by atoms with Crippen LogP contribution < -0.4 is 5.32 Å². The second kappa shape index (κ2) is 16.1. The Kier molecular flexibility index (Phi) is 12.9. The largest absolute Gasteiger partial charge is 0.459 e. The SMILES string of the molecule is CC1(C)CC(OC(=O)c2cc(C(=O)OC3CC(C)(C)N([O])C(C)(C)C3)c(C(=O)OC3CC(C)(C)N([O])C(C)(C)C3)cc2C(=O)OC2CC(C)(C)N([O])C(C)(C)C2)CC(C)(C)N1. The van der Waals surface area contributed by atoms with E-state index in [0.717, 1.165) is 27.3 Å². The van der Waals surface area contributed by atoms with Gasteiger partial charge in [-0.3, -0.25) is 0 Å². The molecule has 1 N–H and O–H groups in total. The van der Waals surface area contributed by atoms with Crippen LogP contribution in [-0.4, -0.2) is 108 Å². The van der Waals surface area contributed by atoms with Crippen molar-refractivity contribution in [2.45, 2.75) is 231 Å². The second-order valence-corrected chi connectivity index (χ2v) is 23.3. The van der Waals surface area contributed by atoms with Crippen LogP contribution >= 0.6 is 0 Å². The van der Waals surface area contributed by atoms with Gasteiger partial charge in [0.05, 0.1) is 22.3 Å². The van der Waals surface area contributed by atoms with Gasteiger partial charge in [0.25, 0.3) is 0 Å². The molecule has 0 aromatic heterocycles. The minimum absolute atomic E-state index is 0.190. The van der Waals surface area contributed by atoms with E-state index in [-0.39, 0.29) is 60.8 Å². The molecule has 0 bridgehead atoms. The summed E-state index contributed by atoms with van der Waals surface area (Å²) in [6.45, 7) is 29.2. The number of hydrogen-bond acceptors (Lipinski definition) is 12. The third-order valence-corrected chi connectivity index (χ3v) is 12.9. The number of hydrogen-bond donors (Lipinski definition) is 1. The molecule has 4 heterocycles. The predicted octanol–water partition coefficient (Wildman–Crippen LogP) is 7.72. The summed E-state index contributed by atoms with van der Waals surface area (Å²) in [5, 5.41) is 46.1. The van der Waals surface area contributed by atoms with E-state index in [4.69, 9.17) is 18.9 Å². The Morgan fingerprint density at radius 2 is 0.574 bits per heavy atom. The monoisotopic (exact) mass is 856 g/mol. The maximum absolute atomic E-state index is 14.5. The summed E-state index contributed by atoms with van der Waals surface area (Å²) in [7, 11) is 0. The van der Waals surface area contributed by atoms with E-state index in [1.165, 1.54) is 0 Å². The lowest BCUT2D eigenvalue weighted by molar-refractivity contribution is -0.298. The van der Waals surface area contributed by atoms with Crippen LogP contribution in [0.25, 0.3) is 0 Å². The highest BCUT2D eigenvalue weighted by molar-refractivity contribution is 6.10. The van der Waals surface area contributed by atoms with E-state index in [9.17, 15) is 34.8 Å². The summed E-state index contributed by atoms with van der Waals surface area (Å²) < 4.78 is 24.5. The molecule has 4 aliphatic rings. The summed E-state index contributed by atoms with van der Waals surface area (Å²) in [6.07, 6.45) is -0.732. The number of rotatable bonds is 8. The molecule has 15 nitrogen and oxygen atoms in total. The summed E-state index contributed by atoms with van der Waals surface area (Å²) >= 11 is 0. The number of benzene rings is 1. The number of carbonyl (C=O) groups excluding carboxylic acids is 4. The normalized spacial score (nSPS) is 26.5. The molecular formula is C46H71N4O11. The Balaban J connectivity index is 1.62. The molecule has 4 aliphatic heterocycles. The average Bonchev–Trinajstić information content (AvgIpc) is 3.05. The number of nitrogens with one attached hydrogen (secondary N) is 1. The van der Waals surface area contributed by atoms with E-state index in [0.29, 0.717) is 12.8 Å². The van der Waals surface area contributed by atoms with Crippen molar-refractivity contribution < 1.29 is 53.7 Å². The van der Waals surface area contributed by atoms with Crippen molar-refractivity contribution in [1.29, 1.82) is 0 Å². The minimum atomic E-state index is -0.962. The second-order valence-electron chi connectivity index (χ2n) is 23.3. The van der Waals surface area contributed by atoms with E-state index in [1.807, 2.05) is 27.7 Å². The van der Waals surface area contributed by atoms with Gasteiger partial charge < -0.3 is 24.3 Å². The molecule has 0 spiro atoms. The third kappa shape index (κ3) is 10.6. The van der Waals surface area contributed by atoms with Crippen LogP contribution in [0.5, 0.6) is 0 Å². The van der Waals surface area contributed by atoms with Crippen molar-refractivity contribution in [2.75, 3.05) is 0 Å². The number of hydroxylamine groups is 6. The molecule has 15 heteroatoms. The minimum Gasteiger partial charge on any atom is -0.459 e. The van der Waals surface area contributed by atoms with Gasteiger partial charge in [0.2, 0.25) is 0 Å². The maximum atomic E-state index is 14.5. The molecule has 0 unspecified atom stereocenters. The van der Waals surface area contributed by atoms with Crippen molar-refractivity contribution in [1.82, 2.24) is 20.5 Å². The van der Waals surface area contributed by atoms with Crippen LogP contribution in [0.4, 0.5) is 0 Å².